The molecule has 3 rings (SSSR count). The number of halogens is 1. The Morgan fingerprint density at radius 3 is 2.13 bits per heavy atom. The molecular weight excluding hydrogens is 414 g/mol. The lowest BCUT2D eigenvalue weighted by Gasteiger charge is -2.08. The number of amides is 2. The molecule has 0 atom stereocenters. The molecule has 31 heavy (non-hydrogen) atoms. The molecule has 154 valence electrons. The summed E-state index contributed by atoms with van der Waals surface area (Å²) in [7, 11) is 0. The van der Waals surface area contributed by atoms with E-state index in [-0.39, 0.29) is 6.61 Å². The Bertz CT molecular complexity index is 1120. The normalized spacial score (nSPS) is 10.3. The van der Waals surface area contributed by atoms with Gasteiger partial charge in [-0.05, 0) is 59.2 Å². The molecule has 6 nitrogen and oxygen atoms in total. The van der Waals surface area contributed by atoms with Crippen molar-refractivity contribution in [2.45, 2.75) is 0 Å². The average Bonchev–Trinajstić information content (AvgIpc) is 2.81. The minimum Gasteiger partial charge on any atom is -0.484 e. The van der Waals surface area contributed by atoms with Crippen molar-refractivity contribution in [3.8, 4) is 22.9 Å². The summed E-state index contributed by atoms with van der Waals surface area (Å²) in [6.45, 7) is -0.253. The van der Waals surface area contributed by atoms with Crippen LogP contribution < -0.4 is 15.6 Å². The third-order valence-electron chi connectivity index (χ3n) is 4.19. The van der Waals surface area contributed by atoms with Gasteiger partial charge in [0, 0.05) is 11.1 Å². The Morgan fingerprint density at radius 1 is 0.903 bits per heavy atom. The summed E-state index contributed by atoms with van der Waals surface area (Å²) in [5.41, 5.74) is 7.90. The van der Waals surface area contributed by atoms with Crippen molar-refractivity contribution in [2.24, 2.45) is 0 Å². The second-order valence-corrected chi connectivity index (χ2v) is 6.86. The fourth-order valence-electron chi connectivity index (χ4n) is 2.58. The largest absolute Gasteiger partial charge is 0.484 e. The summed E-state index contributed by atoms with van der Waals surface area (Å²) < 4.78 is 5.43. The molecule has 7 heteroatoms. The fourth-order valence-corrected chi connectivity index (χ4v) is 2.71. The summed E-state index contributed by atoms with van der Waals surface area (Å²) in [6.07, 6.45) is 2.90. The van der Waals surface area contributed by atoms with E-state index in [0.29, 0.717) is 16.3 Å². The molecule has 0 saturated carbocycles. The van der Waals surface area contributed by atoms with Gasteiger partial charge in [0.05, 0.1) is 11.6 Å². The first-order chi connectivity index (χ1) is 15.0. The molecule has 0 saturated heterocycles. The van der Waals surface area contributed by atoms with E-state index in [0.717, 1.165) is 16.7 Å². The lowest BCUT2D eigenvalue weighted by molar-refractivity contribution is -0.128. The third-order valence-corrected chi connectivity index (χ3v) is 4.45. The van der Waals surface area contributed by atoms with Crippen LogP contribution in [-0.2, 0) is 9.59 Å². The zero-order valence-electron chi connectivity index (χ0n) is 16.3. The third kappa shape index (κ3) is 6.74. The molecule has 2 N–H and O–H groups in total. The number of rotatable bonds is 6. The van der Waals surface area contributed by atoms with Crippen LogP contribution >= 0.6 is 11.6 Å². The molecule has 0 spiro atoms. The van der Waals surface area contributed by atoms with Crippen LogP contribution in [0.15, 0.2) is 78.9 Å². The molecule has 3 aromatic carbocycles. The molecule has 0 aromatic heterocycles. The zero-order chi connectivity index (χ0) is 22.1. The van der Waals surface area contributed by atoms with Crippen molar-refractivity contribution in [1.29, 1.82) is 5.26 Å². The second-order valence-electron chi connectivity index (χ2n) is 6.42. The number of ether oxygens (including phenoxy) is 1. The van der Waals surface area contributed by atoms with Crippen LogP contribution in [0.1, 0.15) is 11.1 Å². The molecule has 0 aliphatic heterocycles. The van der Waals surface area contributed by atoms with E-state index in [1.807, 2.05) is 24.3 Å². The lowest BCUT2D eigenvalue weighted by Crippen LogP contribution is -2.43. The Hall–Kier alpha value is -4.08. The summed E-state index contributed by atoms with van der Waals surface area (Å²) in [6, 6.07) is 23.5. The molecule has 0 fully saturated rings. The van der Waals surface area contributed by atoms with Gasteiger partial charge in [-0.25, -0.2) is 0 Å². The van der Waals surface area contributed by atoms with Gasteiger partial charge >= 0.3 is 0 Å². The number of benzene rings is 3. The summed E-state index contributed by atoms with van der Waals surface area (Å²) in [5, 5.41) is 9.47. The fraction of sp³-hybridized carbons (Fsp3) is 0.0417. The van der Waals surface area contributed by atoms with Crippen LogP contribution in [0.25, 0.3) is 17.2 Å². The first kappa shape index (κ1) is 21.6. The van der Waals surface area contributed by atoms with Crippen LogP contribution in [0, 0.1) is 11.3 Å². The van der Waals surface area contributed by atoms with Crippen molar-refractivity contribution in [2.75, 3.05) is 6.61 Å². The molecular formula is C24H18ClN3O3. The van der Waals surface area contributed by atoms with Crippen molar-refractivity contribution in [3.05, 3.63) is 95.0 Å². The van der Waals surface area contributed by atoms with Gasteiger partial charge in [-0.2, -0.15) is 5.26 Å². The van der Waals surface area contributed by atoms with E-state index in [1.165, 1.54) is 6.08 Å². The molecule has 0 heterocycles. The van der Waals surface area contributed by atoms with Crippen LogP contribution in [-0.4, -0.2) is 18.4 Å². The van der Waals surface area contributed by atoms with Crippen LogP contribution in [0.2, 0.25) is 5.02 Å². The number of nitriles is 1. The lowest BCUT2D eigenvalue weighted by atomic mass is 10.0. The zero-order valence-corrected chi connectivity index (χ0v) is 17.1. The molecule has 0 radical (unpaired) electrons. The molecule has 0 aliphatic carbocycles. The smallest absolute Gasteiger partial charge is 0.276 e. The predicted molar refractivity (Wildman–Crippen MR) is 119 cm³/mol. The summed E-state index contributed by atoms with van der Waals surface area (Å²) in [5.74, 6) is -0.457. The van der Waals surface area contributed by atoms with E-state index < -0.39 is 11.8 Å². The van der Waals surface area contributed by atoms with Crippen LogP contribution in [0.5, 0.6) is 5.75 Å². The first-order valence-electron chi connectivity index (χ1n) is 9.29. The van der Waals surface area contributed by atoms with E-state index in [2.05, 4.69) is 16.9 Å². The van der Waals surface area contributed by atoms with Crippen molar-refractivity contribution in [1.82, 2.24) is 10.9 Å². The number of hydrazine groups is 1. The molecule has 0 bridgehead atoms. The maximum atomic E-state index is 11.9. The highest BCUT2D eigenvalue weighted by Gasteiger charge is 2.05. The van der Waals surface area contributed by atoms with E-state index in [4.69, 9.17) is 21.6 Å². The van der Waals surface area contributed by atoms with Gasteiger partial charge in [-0.3, -0.25) is 20.4 Å². The standard InChI is InChI=1S/C24H18ClN3O3/c25-21-10-3-17(4-11-21)5-14-23(29)27-28-24(30)16-31-22-12-8-20(9-13-22)19-6-1-18(15-26)2-7-19/h1-14H,16H2,(H,27,29)(H,28,30)/b14-5+. The van der Waals surface area contributed by atoms with Gasteiger partial charge in [-0.15, -0.1) is 0 Å². The number of hydrogen-bond donors (Lipinski definition) is 2. The van der Waals surface area contributed by atoms with Gasteiger partial charge < -0.3 is 4.74 Å². The number of carbonyl (C=O) groups excluding carboxylic acids is 2. The minimum absolute atomic E-state index is 0.253. The molecule has 2 amide bonds. The van der Waals surface area contributed by atoms with Crippen molar-refractivity contribution in [3.63, 3.8) is 0 Å². The van der Waals surface area contributed by atoms with Crippen LogP contribution in [0.3, 0.4) is 0 Å². The highest BCUT2D eigenvalue weighted by molar-refractivity contribution is 6.30. The number of nitrogens with zero attached hydrogens (tertiary/aromatic N) is 1. The summed E-state index contributed by atoms with van der Waals surface area (Å²) >= 11 is 5.81. The quantitative estimate of drug-likeness (QED) is 0.453. The van der Waals surface area contributed by atoms with Gasteiger partial charge in [0.2, 0.25) is 0 Å². The number of nitrogens with one attached hydrogen (secondary N) is 2. The van der Waals surface area contributed by atoms with Crippen molar-refractivity contribution < 1.29 is 14.3 Å². The van der Waals surface area contributed by atoms with Gasteiger partial charge in [-0.1, -0.05) is 48.0 Å². The first-order valence-corrected chi connectivity index (χ1v) is 9.67. The Balaban J connectivity index is 1.43. The Kier molecular flexibility index (Phi) is 7.41. The topological polar surface area (TPSA) is 91.2 Å². The highest BCUT2D eigenvalue weighted by atomic mass is 35.5. The average molecular weight is 432 g/mol. The van der Waals surface area contributed by atoms with E-state index >= 15 is 0 Å². The van der Waals surface area contributed by atoms with E-state index in [1.54, 1.807) is 54.6 Å². The van der Waals surface area contributed by atoms with Gasteiger partial charge in [0.15, 0.2) is 6.61 Å². The molecule has 3 aromatic rings. The molecule has 0 unspecified atom stereocenters. The number of hydrogen-bond acceptors (Lipinski definition) is 4. The Morgan fingerprint density at radius 2 is 1.52 bits per heavy atom. The van der Waals surface area contributed by atoms with E-state index in [9.17, 15) is 9.59 Å². The minimum atomic E-state index is -0.496. The second kappa shape index (κ2) is 10.6. The van der Waals surface area contributed by atoms with Gasteiger partial charge in [0.1, 0.15) is 5.75 Å². The Labute approximate surface area is 184 Å². The van der Waals surface area contributed by atoms with Gasteiger partial charge in [0.25, 0.3) is 11.8 Å². The highest BCUT2D eigenvalue weighted by Crippen LogP contribution is 2.22. The van der Waals surface area contributed by atoms with Crippen LogP contribution in [0.4, 0.5) is 0 Å². The summed E-state index contributed by atoms with van der Waals surface area (Å²) in [4.78, 5) is 23.6. The molecule has 0 aliphatic rings. The predicted octanol–water partition coefficient (Wildman–Crippen LogP) is 4.12. The monoisotopic (exact) mass is 431 g/mol. The SMILES string of the molecule is N#Cc1ccc(-c2ccc(OCC(=O)NNC(=O)/C=C/c3ccc(Cl)cc3)cc2)cc1. The maximum Gasteiger partial charge on any atom is 0.276 e. The number of carbonyl (C=O) groups is 2. The maximum absolute atomic E-state index is 11.9. The van der Waals surface area contributed by atoms with Crippen molar-refractivity contribution >= 4 is 29.5 Å².